The minimum Gasteiger partial charge on any atom is -0.423 e. The lowest BCUT2D eigenvalue weighted by Gasteiger charge is -2.17. The van der Waals surface area contributed by atoms with Gasteiger partial charge in [0.05, 0.1) is 11.0 Å². The van der Waals surface area contributed by atoms with Gasteiger partial charge in [-0.2, -0.15) is 4.98 Å². The third-order valence-electron chi connectivity index (χ3n) is 2.84. The van der Waals surface area contributed by atoms with Crippen molar-refractivity contribution in [1.29, 1.82) is 0 Å². The lowest BCUT2D eigenvalue weighted by atomic mass is 10.0. The Morgan fingerprint density at radius 2 is 2.20 bits per heavy atom. The van der Waals surface area contributed by atoms with Crippen LogP contribution in [-0.4, -0.2) is 21.9 Å². The SMILES string of the molecule is CC(C)C(Nc1nc2ccc([N+](=O)[O-])cc2o1)C(N)=O. The number of anilines is 1. The minimum absolute atomic E-state index is 0.0446. The number of nitrogens with zero attached hydrogens (tertiary/aromatic N) is 2. The van der Waals surface area contributed by atoms with Crippen LogP contribution in [0.4, 0.5) is 11.7 Å². The van der Waals surface area contributed by atoms with Gasteiger partial charge in [-0.15, -0.1) is 0 Å². The Hall–Kier alpha value is -2.64. The third-order valence-corrected chi connectivity index (χ3v) is 2.84. The predicted octanol–water partition coefficient (Wildman–Crippen LogP) is 1.66. The maximum atomic E-state index is 11.3. The second-order valence-corrected chi connectivity index (χ2v) is 4.70. The molecule has 8 heteroatoms. The first-order valence-electron chi connectivity index (χ1n) is 5.99. The maximum Gasteiger partial charge on any atom is 0.296 e. The number of nitro benzene ring substituents is 1. The van der Waals surface area contributed by atoms with Crippen LogP contribution in [0.1, 0.15) is 13.8 Å². The summed E-state index contributed by atoms with van der Waals surface area (Å²) in [7, 11) is 0. The molecule has 0 spiro atoms. The number of carbonyl (C=O) groups excluding carboxylic acids is 1. The van der Waals surface area contributed by atoms with Crippen molar-refractivity contribution in [3.63, 3.8) is 0 Å². The van der Waals surface area contributed by atoms with E-state index in [0.29, 0.717) is 5.52 Å². The maximum absolute atomic E-state index is 11.3. The lowest BCUT2D eigenvalue weighted by molar-refractivity contribution is -0.384. The van der Waals surface area contributed by atoms with Crippen molar-refractivity contribution in [2.75, 3.05) is 5.32 Å². The van der Waals surface area contributed by atoms with Gasteiger partial charge in [0.1, 0.15) is 11.6 Å². The van der Waals surface area contributed by atoms with E-state index in [9.17, 15) is 14.9 Å². The van der Waals surface area contributed by atoms with E-state index in [2.05, 4.69) is 10.3 Å². The van der Waals surface area contributed by atoms with E-state index >= 15 is 0 Å². The molecule has 0 aliphatic heterocycles. The first-order chi connectivity index (χ1) is 9.38. The number of aromatic nitrogens is 1. The molecule has 1 atom stereocenters. The van der Waals surface area contributed by atoms with Gasteiger partial charge in [0.2, 0.25) is 5.91 Å². The molecule has 20 heavy (non-hydrogen) atoms. The van der Waals surface area contributed by atoms with Crippen molar-refractivity contribution < 1.29 is 14.1 Å². The van der Waals surface area contributed by atoms with E-state index in [0.717, 1.165) is 0 Å². The number of amides is 1. The van der Waals surface area contributed by atoms with Crippen molar-refractivity contribution in [3.8, 4) is 0 Å². The van der Waals surface area contributed by atoms with E-state index in [1.807, 2.05) is 13.8 Å². The van der Waals surface area contributed by atoms with Crippen molar-refractivity contribution >= 4 is 28.7 Å². The van der Waals surface area contributed by atoms with Gasteiger partial charge in [-0.1, -0.05) is 13.8 Å². The fourth-order valence-corrected chi connectivity index (χ4v) is 1.79. The largest absolute Gasteiger partial charge is 0.423 e. The van der Waals surface area contributed by atoms with Gasteiger partial charge < -0.3 is 15.5 Å². The molecule has 0 aliphatic rings. The van der Waals surface area contributed by atoms with Gasteiger partial charge >= 0.3 is 0 Å². The smallest absolute Gasteiger partial charge is 0.296 e. The molecular formula is C12H14N4O4. The van der Waals surface area contributed by atoms with Crippen LogP contribution in [-0.2, 0) is 4.79 Å². The quantitative estimate of drug-likeness (QED) is 0.633. The average Bonchev–Trinajstić information content (AvgIpc) is 2.76. The molecule has 3 N–H and O–H groups in total. The van der Waals surface area contributed by atoms with Crippen LogP contribution < -0.4 is 11.1 Å². The zero-order chi connectivity index (χ0) is 14.9. The highest BCUT2D eigenvalue weighted by Gasteiger charge is 2.21. The molecule has 1 amide bonds. The number of hydrogen-bond acceptors (Lipinski definition) is 6. The number of nitrogens with one attached hydrogen (secondary N) is 1. The molecule has 1 aromatic carbocycles. The highest BCUT2D eigenvalue weighted by Crippen LogP contribution is 2.24. The highest BCUT2D eigenvalue weighted by atomic mass is 16.6. The fraction of sp³-hybridized carbons (Fsp3) is 0.333. The van der Waals surface area contributed by atoms with E-state index < -0.39 is 16.9 Å². The number of carbonyl (C=O) groups is 1. The van der Waals surface area contributed by atoms with E-state index in [1.165, 1.54) is 18.2 Å². The van der Waals surface area contributed by atoms with E-state index in [-0.39, 0.29) is 23.2 Å². The van der Waals surface area contributed by atoms with Crippen molar-refractivity contribution in [2.24, 2.45) is 11.7 Å². The zero-order valence-electron chi connectivity index (χ0n) is 11.0. The molecule has 0 bridgehead atoms. The zero-order valence-corrected chi connectivity index (χ0v) is 11.0. The van der Waals surface area contributed by atoms with Gasteiger partial charge in [-0.3, -0.25) is 14.9 Å². The van der Waals surface area contributed by atoms with Crippen LogP contribution in [0.25, 0.3) is 11.1 Å². The lowest BCUT2D eigenvalue weighted by Crippen LogP contribution is -2.39. The van der Waals surface area contributed by atoms with Crippen LogP contribution in [0.3, 0.4) is 0 Å². The van der Waals surface area contributed by atoms with Gasteiger partial charge in [-0.05, 0) is 12.0 Å². The Balaban J connectivity index is 2.32. The molecular weight excluding hydrogens is 264 g/mol. The van der Waals surface area contributed by atoms with Gasteiger partial charge in [0, 0.05) is 6.07 Å². The molecule has 8 nitrogen and oxygen atoms in total. The van der Waals surface area contributed by atoms with Crippen molar-refractivity contribution in [1.82, 2.24) is 4.98 Å². The summed E-state index contributed by atoms with van der Waals surface area (Å²) in [5.74, 6) is -0.565. The summed E-state index contributed by atoms with van der Waals surface area (Å²) in [5.41, 5.74) is 5.93. The van der Waals surface area contributed by atoms with Gasteiger partial charge in [-0.25, -0.2) is 0 Å². The molecule has 0 saturated carbocycles. The van der Waals surface area contributed by atoms with Crippen LogP contribution in [0.15, 0.2) is 22.6 Å². The summed E-state index contributed by atoms with van der Waals surface area (Å²) in [6.45, 7) is 3.66. The summed E-state index contributed by atoms with van der Waals surface area (Å²) < 4.78 is 5.36. The monoisotopic (exact) mass is 278 g/mol. The number of benzene rings is 1. The van der Waals surface area contributed by atoms with Crippen molar-refractivity contribution in [2.45, 2.75) is 19.9 Å². The number of nitro groups is 1. The summed E-state index contributed by atoms with van der Waals surface area (Å²) in [5, 5.41) is 13.5. The Morgan fingerprint density at radius 3 is 2.75 bits per heavy atom. The highest BCUT2D eigenvalue weighted by molar-refractivity contribution is 5.83. The fourth-order valence-electron chi connectivity index (χ4n) is 1.79. The van der Waals surface area contributed by atoms with Crippen LogP contribution in [0, 0.1) is 16.0 Å². The summed E-state index contributed by atoms with van der Waals surface area (Å²) >= 11 is 0. The molecule has 2 rings (SSSR count). The molecule has 1 unspecified atom stereocenters. The third kappa shape index (κ3) is 2.68. The normalized spacial score (nSPS) is 12.6. The molecule has 106 valence electrons. The number of primary amides is 1. The molecule has 2 aromatic rings. The molecule has 0 radical (unpaired) electrons. The first-order valence-corrected chi connectivity index (χ1v) is 5.99. The number of nitrogens with two attached hydrogens (primary N) is 1. The van der Waals surface area contributed by atoms with Gasteiger partial charge in [0.25, 0.3) is 11.7 Å². The molecule has 0 fully saturated rings. The second kappa shape index (κ2) is 5.16. The number of rotatable bonds is 5. The van der Waals surface area contributed by atoms with Crippen LogP contribution in [0.2, 0.25) is 0 Å². The van der Waals surface area contributed by atoms with E-state index in [1.54, 1.807) is 0 Å². The van der Waals surface area contributed by atoms with Gasteiger partial charge in [0.15, 0.2) is 5.58 Å². The average molecular weight is 278 g/mol. The minimum atomic E-state index is -0.627. The van der Waals surface area contributed by atoms with Crippen molar-refractivity contribution in [3.05, 3.63) is 28.3 Å². The topological polar surface area (TPSA) is 124 Å². The molecule has 0 aliphatic carbocycles. The molecule has 1 aromatic heterocycles. The van der Waals surface area contributed by atoms with Crippen LogP contribution in [0.5, 0.6) is 0 Å². The number of fused-ring (bicyclic) bond motifs is 1. The molecule has 1 heterocycles. The Kier molecular flexibility index (Phi) is 3.55. The molecule has 0 saturated heterocycles. The Labute approximate surface area is 114 Å². The standard InChI is InChI=1S/C12H14N4O4/c1-6(2)10(11(13)17)15-12-14-8-4-3-7(16(18)19)5-9(8)20-12/h3-6,10H,1-2H3,(H2,13,17)(H,14,15). The Bertz CT molecular complexity index is 665. The summed E-state index contributed by atoms with van der Waals surface area (Å²) in [6, 6.07) is 3.58. The number of non-ortho nitro benzene ring substituents is 1. The Morgan fingerprint density at radius 1 is 1.50 bits per heavy atom. The summed E-state index contributed by atoms with van der Waals surface area (Å²) in [6.07, 6.45) is 0. The first kappa shape index (κ1) is 13.8. The number of oxazole rings is 1. The van der Waals surface area contributed by atoms with Crippen LogP contribution >= 0.6 is 0 Å². The van der Waals surface area contributed by atoms with E-state index in [4.69, 9.17) is 10.2 Å². The predicted molar refractivity (Wildman–Crippen MR) is 72.1 cm³/mol. The number of hydrogen-bond donors (Lipinski definition) is 2. The second-order valence-electron chi connectivity index (χ2n) is 4.70. The summed E-state index contributed by atoms with van der Waals surface area (Å²) in [4.78, 5) is 25.6.